The van der Waals surface area contributed by atoms with Gasteiger partial charge in [-0.25, -0.2) is 0 Å². The molecule has 1 aromatic carbocycles. The van der Waals surface area contributed by atoms with Crippen LogP contribution in [0.5, 0.6) is 0 Å². The first-order chi connectivity index (χ1) is 10.5. The molecule has 0 radical (unpaired) electrons. The molecule has 1 amide bonds. The van der Waals surface area contributed by atoms with E-state index in [9.17, 15) is 4.79 Å². The highest BCUT2D eigenvalue weighted by atomic mass is 35.5. The van der Waals surface area contributed by atoms with Crippen molar-refractivity contribution in [2.45, 2.75) is 46.5 Å². The number of carbonyl (C=O) groups excluding carboxylic acids is 1. The second kappa shape index (κ2) is 8.01. The number of hydrogen-bond acceptors (Lipinski definition) is 1. The Morgan fingerprint density at radius 1 is 1.32 bits per heavy atom. The lowest BCUT2D eigenvalue weighted by atomic mass is 9.70. The van der Waals surface area contributed by atoms with Crippen molar-refractivity contribution in [1.29, 1.82) is 0 Å². The maximum absolute atomic E-state index is 12.6. The summed E-state index contributed by atoms with van der Waals surface area (Å²) in [7, 11) is 0. The summed E-state index contributed by atoms with van der Waals surface area (Å²) in [6.45, 7) is 7.41. The summed E-state index contributed by atoms with van der Waals surface area (Å²) in [5.41, 5.74) is 1.10. The minimum atomic E-state index is 0.176. The van der Waals surface area contributed by atoms with Crippen LogP contribution >= 0.6 is 11.6 Å². The third kappa shape index (κ3) is 4.49. The van der Waals surface area contributed by atoms with Crippen LogP contribution in [0.25, 0.3) is 0 Å². The van der Waals surface area contributed by atoms with Crippen LogP contribution in [0.4, 0.5) is 0 Å². The molecule has 0 aliphatic heterocycles. The van der Waals surface area contributed by atoms with Crippen LogP contribution in [-0.2, 0) is 11.2 Å². The molecular weight excluding hydrogens is 294 g/mol. The van der Waals surface area contributed by atoms with E-state index >= 15 is 0 Å². The molecule has 0 saturated heterocycles. The van der Waals surface area contributed by atoms with E-state index in [0.29, 0.717) is 24.3 Å². The summed E-state index contributed by atoms with van der Waals surface area (Å²) in [5.74, 6) is 2.17. The molecule has 2 rings (SSSR count). The molecule has 0 aromatic heterocycles. The molecule has 2 nitrogen and oxygen atoms in total. The number of benzene rings is 1. The van der Waals surface area contributed by atoms with Gasteiger partial charge < -0.3 is 5.32 Å². The van der Waals surface area contributed by atoms with Crippen molar-refractivity contribution in [3.63, 3.8) is 0 Å². The Kier molecular flexibility index (Phi) is 6.31. The van der Waals surface area contributed by atoms with Gasteiger partial charge in [0.2, 0.25) is 5.91 Å². The summed E-state index contributed by atoms with van der Waals surface area (Å²) in [5, 5.41) is 3.92. The van der Waals surface area contributed by atoms with Crippen molar-refractivity contribution in [2.24, 2.45) is 23.7 Å². The van der Waals surface area contributed by atoms with Gasteiger partial charge in [-0.2, -0.15) is 0 Å². The Hall–Kier alpha value is -1.02. The van der Waals surface area contributed by atoms with E-state index in [-0.39, 0.29) is 11.8 Å². The molecule has 3 atom stereocenters. The number of rotatable bonds is 5. The Labute approximate surface area is 139 Å². The van der Waals surface area contributed by atoms with E-state index < -0.39 is 0 Å². The van der Waals surface area contributed by atoms with Crippen molar-refractivity contribution >= 4 is 17.5 Å². The van der Waals surface area contributed by atoms with Crippen LogP contribution in [-0.4, -0.2) is 12.5 Å². The highest BCUT2D eigenvalue weighted by molar-refractivity contribution is 6.31. The summed E-state index contributed by atoms with van der Waals surface area (Å²) in [6, 6.07) is 7.84. The first kappa shape index (κ1) is 17.3. The van der Waals surface area contributed by atoms with Gasteiger partial charge in [0.15, 0.2) is 0 Å². The Balaban J connectivity index is 1.89. The highest BCUT2D eigenvalue weighted by Gasteiger charge is 2.35. The number of hydrogen-bond donors (Lipinski definition) is 1. The molecule has 0 bridgehead atoms. The quantitative estimate of drug-likeness (QED) is 0.836. The average Bonchev–Trinajstić information content (AvgIpc) is 2.48. The largest absolute Gasteiger partial charge is 0.356 e. The fraction of sp³-hybridized carbons (Fsp3) is 0.632. The lowest BCUT2D eigenvalue weighted by molar-refractivity contribution is -0.129. The van der Waals surface area contributed by atoms with Gasteiger partial charge >= 0.3 is 0 Å². The standard InChI is InChI=1S/C19H28ClNO/c1-13(2)16-9-8-14(3)12-17(16)19(22)21-11-10-15-6-4-5-7-18(15)20/h4-7,13-14,16-17H,8-12H2,1-3H3,(H,21,22)/t14-,16+,17-/m1/s1. The molecule has 122 valence electrons. The van der Waals surface area contributed by atoms with Crippen LogP contribution in [0, 0.1) is 23.7 Å². The third-order valence-corrected chi connectivity index (χ3v) is 5.38. The fourth-order valence-corrected chi connectivity index (χ4v) is 3.89. The van der Waals surface area contributed by atoms with Gasteiger partial charge in [0.05, 0.1) is 0 Å². The van der Waals surface area contributed by atoms with Gasteiger partial charge in [0.1, 0.15) is 0 Å². The predicted molar refractivity (Wildman–Crippen MR) is 93.0 cm³/mol. The normalized spacial score (nSPS) is 25.2. The van der Waals surface area contributed by atoms with Crippen LogP contribution in [0.1, 0.15) is 45.6 Å². The summed E-state index contributed by atoms with van der Waals surface area (Å²) in [6.07, 6.45) is 4.26. The molecule has 0 unspecified atom stereocenters. The minimum Gasteiger partial charge on any atom is -0.356 e. The second-order valence-corrected chi connectivity index (χ2v) is 7.47. The van der Waals surface area contributed by atoms with Crippen molar-refractivity contribution in [3.8, 4) is 0 Å². The molecule has 22 heavy (non-hydrogen) atoms. The maximum atomic E-state index is 12.6. The molecule has 1 N–H and O–H groups in total. The van der Waals surface area contributed by atoms with E-state index in [2.05, 4.69) is 26.1 Å². The monoisotopic (exact) mass is 321 g/mol. The molecule has 1 aliphatic carbocycles. The average molecular weight is 322 g/mol. The molecule has 1 fully saturated rings. The first-order valence-electron chi connectivity index (χ1n) is 8.50. The number of carbonyl (C=O) groups is 1. The fourth-order valence-electron chi connectivity index (χ4n) is 3.66. The van der Waals surface area contributed by atoms with Gasteiger partial charge in [-0.05, 0) is 48.6 Å². The zero-order chi connectivity index (χ0) is 16.1. The lowest BCUT2D eigenvalue weighted by Gasteiger charge is -2.36. The van der Waals surface area contributed by atoms with Crippen molar-refractivity contribution in [1.82, 2.24) is 5.32 Å². The Morgan fingerprint density at radius 2 is 2.05 bits per heavy atom. The molecule has 0 spiro atoms. The molecule has 1 aromatic rings. The van der Waals surface area contributed by atoms with Gasteiger partial charge in [-0.15, -0.1) is 0 Å². The summed E-state index contributed by atoms with van der Waals surface area (Å²) >= 11 is 6.16. The van der Waals surface area contributed by atoms with Crippen LogP contribution < -0.4 is 5.32 Å². The molecular formula is C19H28ClNO. The smallest absolute Gasteiger partial charge is 0.223 e. The van der Waals surface area contributed by atoms with E-state index in [1.54, 1.807) is 0 Å². The molecule has 1 saturated carbocycles. The zero-order valence-corrected chi connectivity index (χ0v) is 14.7. The minimum absolute atomic E-state index is 0.176. The maximum Gasteiger partial charge on any atom is 0.223 e. The predicted octanol–water partition coefficient (Wildman–Crippen LogP) is 4.71. The highest BCUT2D eigenvalue weighted by Crippen LogP contribution is 2.38. The van der Waals surface area contributed by atoms with Crippen molar-refractivity contribution in [2.75, 3.05) is 6.54 Å². The SMILES string of the molecule is CC(C)[C@@H]1CC[C@@H](C)C[C@H]1C(=O)NCCc1ccccc1Cl. The zero-order valence-electron chi connectivity index (χ0n) is 13.9. The second-order valence-electron chi connectivity index (χ2n) is 7.07. The Bertz CT molecular complexity index is 500. The summed E-state index contributed by atoms with van der Waals surface area (Å²) in [4.78, 5) is 12.6. The lowest BCUT2D eigenvalue weighted by Crippen LogP contribution is -2.40. The molecule has 1 aliphatic rings. The molecule has 0 heterocycles. The van der Waals surface area contributed by atoms with E-state index in [1.165, 1.54) is 12.8 Å². The molecule has 3 heteroatoms. The van der Waals surface area contributed by atoms with E-state index in [1.807, 2.05) is 24.3 Å². The van der Waals surface area contributed by atoms with Crippen molar-refractivity contribution < 1.29 is 4.79 Å². The summed E-state index contributed by atoms with van der Waals surface area (Å²) < 4.78 is 0. The van der Waals surface area contributed by atoms with Gasteiger partial charge in [-0.1, -0.05) is 57.0 Å². The van der Waals surface area contributed by atoms with Gasteiger partial charge in [0, 0.05) is 17.5 Å². The number of halogens is 1. The van der Waals surface area contributed by atoms with Gasteiger partial charge in [0.25, 0.3) is 0 Å². The first-order valence-corrected chi connectivity index (χ1v) is 8.88. The van der Waals surface area contributed by atoms with Gasteiger partial charge in [-0.3, -0.25) is 4.79 Å². The topological polar surface area (TPSA) is 29.1 Å². The van der Waals surface area contributed by atoms with E-state index in [4.69, 9.17) is 11.6 Å². The van der Waals surface area contributed by atoms with Crippen LogP contribution in [0.3, 0.4) is 0 Å². The number of amides is 1. The Morgan fingerprint density at radius 3 is 2.73 bits per heavy atom. The van der Waals surface area contributed by atoms with Crippen LogP contribution in [0.2, 0.25) is 5.02 Å². The van der Waals surface area contributed by atoms with E-state index in [0.717, 1.165) is 23.4 Å². The number of nitrogens with one attached hydrogen (secondary N) is 1. The van der Waals surface area contributed by atoms with Crippen LogP contribution in [0.15, 0.2) is 24.3 Å². The third-order valence-electron chi connectivity index (χ3n) is 5.01. The van der Waals surface area contributed by atoms with Crippen molar-refractivity contribution in [3.05, 3.63) is 34.9 Å².